The predicted octanol–water partition coefficient (Wildman–Crippen LogP) is 2.00. The highest BCUT2D eigenvalue weighted by Gasteiger charge is 2.12. The Balaban J connectivity index is 2.20. The van der Waals surface area contributed by atoms with E-state index in [0.717, 1.165) is 5.69 Å². The molecule has 1 N–H and O–H groups in total. The van der Waals surface area contributed by atoms with Crippen LogP contribution in [0.4, 0.5) is 5.69 Å². The Morgan fingerprint density at radius 2 is 2.06 bits per heavy atom. The molecule has 6 heteroatoms. The van der Waals surface area contributed by atoms with Gasteiger partial charge in [0, 0.05) is 12.3 Å². The molecule has 0 spiro atoms. The summed E-state index contributed by atoms with van der Waals surface area (Å²) in [5.41, 5.74) is 1.36. The van der Waals surface area contributed by atoms with Gasteiger partial charge in [0.25, 0.3) is 0 Å². The molecular weight excluding hydrogens is 252 g/mol. The Morgan fingerprint density at radius 1 is 1.33 bits per heavy atom. The number of hydrogen-bond acceptors (Lipinski definition) is 5. The van der Waals surface area contributed by atoms with E-state index in [1.54, 1.807) is 30.3 Å². The summed E-state index contributed by atoms with van der Waals surface area (Å²) in [4.78, 5) is 0.279. The molecule has 0 saturated carbocycles. The molecule has 5 nitrogen and oxygen atoms in total. The molecule has 0 bridgehead atoms. The molecular formula is C12H14N2O3S. The van der Waals surface area contributed by atoms with E-state index in [1.807, 2.05) is 6.92 Å². The number of nitrogens with zero attached hydrogens (tertiary/aromatic N) is 1. The quantitative estimate of drug-likeness (QED) is 0.916. The lowest BCUT2D eigenvalue weighted by Crippen LogP contribution is -2.05. The minimum atomic E-state index is -3.24. The molecule has 0 fully saturated rings. The van der Waals surface area contributed by atoms with Crippen molar-refractivity contribution in [2.45, 2.75) is 18.4 Å². The lowest BCUT2D eigenvalue weighted by atomic mass is 10.3. The molecule has 0 amide bonds. The van der Waals surface area contributed by atoms with Crippen molar-refractivity contribution in [3.63, 3.8) is 0 Å². The first-order valence-corrected chi connectivity index (χ1v) is 7.31. The molecule has 1 aromatic heterocycles. The van der Waals surface area contributed by atoms with E-state index in [2.05, 4.69) is 10.5 Å². The minimum absolute atomic E-state index is 0.279. The van der Waals surface area contributed by atoms with Crippen LogP contribution in [0.25, 0.3) is 0 Å². The molecule has 2 rings (SSSR count). The number of rotatable bonds is 4. The fourth-order valence-electron chi connectivity index (χ4n) is 1.62. The average molecular weight is 266 g/mol. The third kappa shape index (κ3) is 2.89. The highest BCUT2D eigenvalue weighted by atomic mass is 32.2. The molecule has 1 aromatic carbocycles. The monoisotopic (exact) mass is 266 g/mol. The van der Waals surface area contributed by atoms with Gasteiger partial charge in [-0.2, -0.15) is 0 Å². The summed E-state index contributed by atoms with van der Waals surface area (Å²) >= 11 is 0. The average Bonchev–Trinajstić information content (AvgIpc) is 2.72. The summed E-state index contributed by atoms with van der Waals surface area (Å²) in [5, 5.41) is 6.80. The maximum atomic E-state index is 11.6. The van der Waals surface area contributed by atoms with E-state index in [9.17, 15) is 8.42 Å². The topological polar surface area (TPSA) is 72.2 Å². The maximum Gasteiger partial charge on any atom is 0.177 e. The van der Waals surface area contributed by atoms with Gasteiger partial charge in [-0.1, -0.05) is 17.3 Å². The van der Waals surface area contributed by atoms with Crippen LogP contribution in [-0.2, 0) is 16.4 Å². The molecule has 0 unspecified atom stereocenters. The summed E-state index contributed by atoms with van der Waals surface area (Å²) in [5.74, 6) is 0.663. The fraction of sp³-hybridized carbons (Fsp3) is 0.250. The van der Waals surface area contributed by atoms with Gasteiger partial charge in [0.2, 0.25) is 0 Å². The van der Waals surface area contributed by atoms with E-state index in [-0.39, 0.29) is 4.90 Å². The minimum Gasteiger partial charge on any atom is -0.377 e. The van der Waals surface area contributed by atoms with Crippen LogP contribution in [0.2, 0.25) is 0 Å². The first kappa shape index (κ1) is 12.6. The zero-order valence-corrected chi connectivity index (χ0v) is 11.0. The predicted molar refractivity (Wildman–Crippen MR) is 68.1 cm³/mol. The number of hydrogen-bond donors (Lipinski definition) is 1. The van der Waals surface area contributed by atoms with Gasteiger partial charge in [-0.05, 0) is 19.1 Å². The molecule has 0 aliphatic heterocycles. The molecule has 96 valence electrons. The highest BCUT2D eigenvalue weighted by Crippen LogP contribution is 2.21. The Bertz CT molecular complexity index is 647. The molecule has 18 heavy (non-hydrogen) atoms. The maximum absolute atomic E-state index is 11.6. The van der Waals surface area contributed by atoms with E-state index >= 15 is 0 Å². The summed E-state index contributed by atoms with van der Waals surface area (Å²) in [6, 6.07) is 8.57. The van der Waals surface area contributed by atoms with E-state index < -0.39 is 9.84 Å². The Hall–Kier alpha value is -1.82. The Labute approximate surface area is 106 Å². The lowest BCUT2D eigenvalue weighted by Gasteiger charge is -2.08. The molecule has 1 heterocycles. The van der Waals surface area contributed by atoms with Crippen molar-refractivity contribution in [3.8, 4) is 0 Å². The number of sulfone groups is 1. The summed E-state index contributed by atoms with van der Waals surface area (Å²) in [7, 11) is -3.24. The Morgan fingerprint density at radius 3 is 2.67 bits per heavy atom. The molecule has 0 saturated heterocycles. The number of aromatic nitrogens is 1. The van der Waals surface area contributed by atoms with Gasteiger partial charge in [-0.15, -0.1) is 0 Å². The van der Waals surface area contributed by atoms with Crippen molar-refractivity contribution in [3.05, 3.63) is 41.8 Å². The first-order chi connectivity index (χ1) is 8.47. The van der Waals surface area contributed by atoms with Gasteiger partial charge < -0.3 is 9.84 Å². The highest BCUT2D eigenvalue weighted by molar-refractivity contribution is 7.90. The second kappa shape index (κ2) is 4.81. The Kier molecular flexibility index (Phi) is 3.38. The van der Waals surface area contributed by atoms with Crippen LogP contribution in [0.3, 0.4) is 0 Å². The second-order valence-electron chi connectivity index (χ2n) is 4.06. The molecule has 0 radical (unpaired) electrons. The number of aryl methyl sites for hydroxylation is 1. The SMILES string of the molecule is Cc1cc(CNc2ccccc2S(C)(=O)=O)on1. The van der Waals surface area contributed by atoms with E-state index in [4.69, 9.17) is 4.52 Å². The standard InChI is InChI=1S/C12H14N2O3S/c1-9-7-10(17-14-9)8-13-11-5-3-4-6-12(11)18(2,15)16/h3-7,13H,8H2,1-2H3. The zero-order valence-electron chi connectivity index (χ0n) is 10.2. The van der Waals surface area contributed by atoms with Crippen molar-refractivity contribution in [1.29, 1.82) is 0 Å². The van der Waals surface area contributed by atoms with E-state index in [1.165, 1.54) is 6.26 Å². The van der Waals surface area contributed by atoms with Crippen LogP contribution >= 0.6 is 0 Å². The van der Waals surface area contributed by atoms with Gasteiger partial charge in [0.15, 0.2) is 15.6 Å². The third-order valence-electron chi connectivity index (χ3n) is 2.42. The van der Waals surface area contributed by atoms with Gasteiger partial charge in [-0.25, -0.2) is 8.42 Å². The fourth-order valence-corrected chi connectivity index (χ4v) is 2.48. The van der Waals surface area contributed by atoms with Gasteiger partial charge >= 0.3 is 0 Å². The molecule has 0 aliphatic carbocycles. The molecule has 2 aromatic rings. The third-order valence-corrected chi connectivity index (χ3v) is 3.57. The number of anilines is 1. The van der Waals surface area contributed by atoms with Crippen LogP contribution in [0.5, 0.6) is 0 Å². The second-order valence-corrected chi connectivity index (χ2v) is 6.04. The zero-order chi connectivity index (χ0) is 13.2. The first-order valence-electron chi connectivity index (χ1n) is 5.42. The van der Waals surface area contributed by atoms with Crippen molar-refractivity contribution < 1.29 is 12.9 Å². The van der Waals surface area contributed by atoms with Crippen LogP contribution in [0.15, 0.2) is 39.8 Å². The van der Waals surface area contributed by atoms with Crippen molar-refractivity contribution in [2.75, 3.05) is 11.6 Å². The van der Waals surface area contributed by atoms with Crippen molar-refractivity contribution >= 4 is 15.5 Å². The molecule has 0 aliphatic rings. The number of nitrogens with one attached hydrogen (secondary N) is 1. The lowest BCUT2D eigenvalue weighted by molar-refractivity contribution is 0.384. The number of para-hydroxylation sites is 1. The van der Waals surface area contributed by atoms with Gasteiger partial charge in [-0.3, -0.25) is 0 Å². The summed E-state index contributed by atoms with van der Waals surface area (Å²) in [6.07, 6.45) is 1.19. The normalized spacial score (nSPS) is 11.4. The summed E-state index contributed by atoms with van der Waals surface area (Å²) < 4.78 is 28.2. The van der Waals surface area contributed by atoms with Gasteiger partial charge in [0.05, 0.1) is 22.8 Å². The van der Waals surface area contributed by atoms with Crippen LogP contribution < -0.4 is 5.32 Å². The van der Waals surface area contributed by atoms with E-state index in [0.29, 0.717) is 18.0 Å². The smallest absolute Gasteiger partial charge is 0.177 e. The van der Waals surface area contributed by atoms with Crippen LogP contribution in [0.1, 0.15) is 11.5 Å². The van der Waals surface area contributed by atoms with Crippen LogP contribution in [-0.4, -0.2) is 19.8 Å². The number of benzene rings is 1. The summed E-state index contributed by atoms with van der Waals surface area (Å²) in [6.45, 7) is 2.23. The molecule has 0 atom stereocenters. The van der Waals surface area contributed by atoms with Crippen LogP contribution in [0, 0.1) is 6.92 Å². The largest absolute Gasteiger partial charge is 0.377 e. The van der Waals surface area contributed by atoms with Crippen molar-refractivity contribution in [2.24, 2.45) is 0 Å². The van der Waals surface area contributed by atoms with Gasteiger partial charge in [0.1, 0.15) is 0 Å². The van der Waals surface area contributed by atoms with Crippen molar-refractivity contribution in [1.82, 2.24) is 5.16 Å².